The van der Waals surface area contributed by atoms with Crippen LogP contribution in [0.1, 0.15) is 40.0 Å². The van der Waals surface area contributed by atoms with Crippen LogP contribution >= 0.6 is 0 Å². The van der Waals surface area contributed by atoms with E-state index in [1.54, 1.807) is 37.8 Å². The monoisotopic (exact) mass is 508 g/mol. The zero-order chi connectivity index (χ0) is 25.6. The van der Waals surface area contributed by atoms with Gasteiger partial charge in [0.25, 0.3) is 0 Å². The number of piperidine rings is 1. The molecule has 1 atom stereocenters. The third kappa shape index (κ3) is 8.45. The van der Waals surface area contributed by atoms with E-state index in [9.17, 15) is 18.0 Å². The third-order valence-corrected chi connectivity index (χ3v) is 8.08. The number of benzene rings is 1. The van der Waals surface area contributed by atoms with Crippen LogP contribution in [-0.2, 0) is 14.8 Å². The number of hydrogen-bond acceptors (Lipinski definition) is 6. The summed E-state index contributed by atoms with van der Waals surface area (Å²) in [7, 11) is -1.64. The largest absolute Gasteiger partial charge is 0.326 e. The molecule has 1 aromatic carbocycles. The molecule has 0 aromatic heterocycles. The van der Waals surface area contributed by atoms with Crippen LogP contribution in [0.2, 0.25) is 0 Å². The van der Waals surface area contributed by atoms with Crippen molar-refractivity contribution in [3.05, 3.63) is 24.3 Å². The molecule has 0 radical (unpaired) electrons. The first-order valence-corrected chi connectivity index (χ1v) is 13.8. The lowest BCUT2D eigenvalue weighted by atomic mass is 9.90. The molecule has 10 nitrogen and oxygen atoms in total. The maximum atomic E-state index is 13.2. The van der Waals surface area contributed by atoms with E-state index in [1.807, 2.05) is 7.05 Å². The normalized spacial score (nSPS) is 19.3. The Labute approximate surface area is 209 Å². The average molecular weight is 509 g/mol. The molecule has 4 N–H and O–H groups in total. The number of sulfonamides is 1. The van der Waals surface area contributed by atoms with Crippen molar-refractivity contribution in [2.45, 2.75) is 56.5 Å². The number of amides is 3. The van der Waals surface area contributed by atoms with Gasteiger partial charge in [0.05, 0.1) is 4.90 Å². The summed E-state index contributed by atoms with van der Waals surface area (Å²) < 4.78 is 27.7. The van der Waals surface area contributed by atoms with Crippen molar-refractivity contribution in [1.29, 1.82) is 0 Å². The van der Waals surface area contributed by atoms with Crippen LogP contribution in [0.15, 0.2) is 29.2 Å². The van der Waals surface area contributed by atoms with Gasteiger partial charge in [0, 0.05) is 37.4 Å². The molecule has 0 bridgehead atoms. The summed E-state index contributed by atoms with van der Waals surface area (Å²) in [6, 6.07) is 5.18. The maximum Gasteiger partial charge on any atom is 0.318 e. The molecule has 2 fully saturated rings. The number of urea groups is 1. The SMILES string of the molecule is CN1CCN(C(=O)N[C@@H](CC2CCNCC2)C(=O)Nc2ccc(S(=O)(=O)NC(C)(C)C)cc2)CC1. The second-order valence-corrected chi connectivity index (χ2v) is 12.3. The Morgan fingerprint density at radius 3 is 2.23 bits per heavy atom. The highest BCUT2D eigenvalue weighted by atomic mass is 32.2. The van der Waals surface area contributed by atoms with Gasteiger partial charge in [0.2, 0.25) is 15.9 Å². The number of carbonyl (C=O) groups is 2. The number of likely N-dealkylation sites (N-methyl/N-ethyl adjacent to an activating group) is 1. The number of piperazine rings is 1. The first-order chi connectivity index (χ1) is 16.4. The minimum absolute atomic E-state index is 0.125. The number of anilines is 1. The van der Waals surface area contributed by atoms with E-state index in [2.05, 4.69) is 25.6 Å². The Bertz CT molecular complexity index is 963. The zero-order valence-corrected chi connectivity index (χ0v) is 22.1. The van der Waals surface area contributed by atoms with E-state index in [4.69, 9.17) is 0 Å². The lowest BCUT2D eigenvalue weighted by molar-refractivity contribution is -0.118. The first kappa shape index (κ1) is 27.4. The van der Waals surface area contributed by atoms with Crippen LogP contribution in [-0.4, -0.2) is 88.1 Å². The molecular weight excluding hydrogens is 468 g/mol. The van der Waals surface area contributed by atoms with Gasteiger partial charge in [0.15, 0.2) is 0 Å². The van der Waals surface area contributed by atoms with Crippen LogP contribution in [0.5, 0.6) is 0 Å². The number of hydrogen-bond donors (Lipinski definition) is 4. The van der Waals surface area contributed by atoms with E-state index in [1.165, 1.54) is 12.1 Å². The molecule has 0 aliphatic carbocycles. The van der Waals surface area contributed by atoms with Crippen molar-refractivity contribution < 1.29 is 18.0 Å². The molecule has 35 heavy (non-hydrogen) atoms. The van der Waals surface area contributed by atoms with E-state index >= 15 is 0 Å². The summed E-state index contributed by atoms with van der Waals surface area (Å²) in [5, 5.41) is 9.15. The standard InChI is InChI=1S/C24H40N6O4S/c1-24(2,3)28-35(33,34)20-7-5-19(6-8-20)26-22(31)21(17-18-9-11-25-12-10-18)27-23(32)30-15-13-29(4)14-16-30/h5-8,18,21,25,28H,9-17H2,1-4H3,(H,26,31)(H,27,32)/t21-/m0/s1. The molecule has 3 rings (SSSR count). The minimum atomic E-state index is -3.67. The van der Waals surface area contributed by atoms with E-state index < -0.39 is 21.6 Å². The predicted molar refractivity (Wildman–Crippen MR) is 137 cm³/mol. The van der Waals surface area contributed by atoms with Crippen molar-refractivity contribution in [3.63, 3.8) is 0 Å². The lowest BCUT2D eigenvalue weighted by Gasteiger charge is -2.34. The second-order valence-electron chi connectivity index (χ2n) is 10.6. The third-order valence-electron chi connectivity index (χ3n) is 6.31. The van der Waals surface area contributed by atoms with Gasteiger partial charge in [-0.1, -0.05) is 0 Å². The Kier molecular flexibility index (Phi) is 9.14. The summed E-state index contributed by atoms with van der Waals surface area (Å²) in [4.78, 5) is 30.2. The molecule has 11 heteroatoms. The van der Waals surface area contributed by atoms with Gasteiger partial charge in [-0.15, -0.1) is 0 Å². The Morgan fingerprint density at radius 1 is 1.06 bits per heavy atom. The first-order valence-electron chi connectivity index (χ1n) is 12.3. The highest BCUT2D eigenvalue weighted by molar-refractivity contribution is 7.89. The number of carbonyl (C=O) groups excluding carboxylic acids is 2. The molecule has 2 aliphatic heterocycles. The number of nitrogens with zero attached hydrogens (tertiary/aromatic N) is 2. The minimum Gasteiger partial charge on any atom is -0.326 e. The predicted octanol–water partition coefficient (Wildman–Crippen LogP) is 1.42. The summed E-state index contributed by atoms with van der Waals surface area (Å²) in [5.41, 5.74) is -0.121. The average Bonchev–Trinajstić information content (AvgIpc) is 2.78. The number of nitrogens with one attached hydrogen (secondary N) is 4. The highest BCUT2D eigenvalue weighted by Crippen LogP contribution is 2.20. The van der Waals surface area contributed by atoms with Crippen molar-refractivity contribution in [2.75, 3.05) is 51.6 Å². The van der Waals surface area contributed by atoms with Gasteiger partial charge >= 0.3 is 6.03 Å². The molecule has 0 saturated carbocycles. The Balaban J connectivity index is 1.67. The van der Waals surface area contributed by atoms with Crippen LogP contribution in [0, 0.1) is 5.92 Å². The molecular formula is C24H40N6O4S. The molecule has 0 unspecified atom stereocenters. The van der Waals surface area contributed by atoms with Gasteiger partial charge in [0.1, 0.15) is 6.04 Å². The summed E-state index contributed by atoms with van der Waals surface area (Å²) in [6.07, 6.45) is 2.48. The Morgan fingerprint density at radius 2 is 1.66 bits per heavy atom. The molecule has 196 valence electrons. The second kappa shape index (κ2) is 11.7. The molecule has 2 heterocycles. The fourth-order valence-corrected chi connectivity index (χ4v) is 5.76. The van der Waals surface area contributed by atoms with Crippen molar-refractivity contribution >= 4 is 27.6 Å². The number of rotatable bonds is 7. The van der Waals surface area contributed by atoms with Gasteiger partial charge in [-0.05, 0) is 90.4 Å². The molecule has 0 spiro atoms. The maximum absolute atomic E-state index is 13.2. The summed E-state index contributed by atoms with van der Waals surface area (Å²) in [5.74, 6) is 0.0465. The zero-order valence-electron chi connectivity index (χ0n) is 21.3. The lowest BCUT2D eigenvalue weighted by Crippen LogP contribution is -2.55. The van der Waals surface area contributed by atoms with Gasteiger partial charge in [-0.2, -0.15) is 0 Å². The van der Waals surface area contributed by atoms with Gasteiger partial charge in [-0.3, -0.25) is 4.79 Å². The van der Waals surface area contributed by atoms with Crippen LogP contribution in [0.3, 0.4) is 0 Å². The molecule has 3 amide bonds. The van der Waals surface area contributed by atoms with Crippen molar-refractivity contribution in [1.82, 2.24) is 25.2 Å². The quantitative estimate of drug-likeness (QED) is 0.442. The van der Waals surface area contributed by atoms with E-state index in [-0.39, 0.29) is 16.8 Å². The smallest absolute Gasteiger partial charge is 0.318 e. The fraction of sp³-hybridized carbons (Fsp3) is 0.667. The van der Waals surface area contributed by atoms with Crippen LogP contribution < -0.4 is 20.7 Å². The van der Waals surface area contributed by atoms with Crippen LogP contribution in [0.4, 0.5) is 10.5 Å². The summed E-state index contributed by atoms with van der Waals surface area (Å²) in [6.45, 7) is 10.0. The van der Waals surface area contributed by atoms with E-state index in [0.29, 0.717) is 31.1 Å². The van der Waals surface area contributed by atoms with E-state index in [0.717, 1.165) is 39.0 Å². The fourth-order valence-electron chi connectivity index (χ4n) is 4.34. The molecule has 2 aliphatic rings. The molecule has 1 aromatic rings. The van der Waals surface area contributed by atoms with Crippen molar-refractivity contribution in [3.8, 4) is 0 Å². The van der Waals surface area contributed by atoms with Gasteiger partial charge < -0.3 is 25.8 Å². The topological polar surface area (TPSA) is 123 Å². The molecule has 2 saturated heterocycles. The van der Waals surface area contributed by atoms with Crippen molar-refractivity contribution in [2.24, 2.45) is 5.92 Å². The highest BCUT2D eigenvalue weighted by Gasteiger charge is 2.29. The summed E-state index contributed by atoms with van der Waals surface area (Å²) >= 11 is 0. The van der Waals surface area contributed by atoms with Crippen LogP contribution in [0.25, 0.3) is 0 Å². The van der Waals surface area contributed by atoms with Gasteiger partial charge in [-0.25, -0.2) is 17.9 Å². The Hall–Kier alpha value is -2.21.